The Balaban J connectivity index is 2.11. The van der Waals surface area contributed by atoms with E-state index >= 15 is 0 Å². The first-order valence-electron chi connectivity index (χ1n) is 8.02. The molecule has 25 heavy (non-hydrogen) atoms. The predicted octanol–water partition coefficient (Wildman–Crippen LogP) is 4.47. The summed E-state index contributed by atoms with van der Waals surface area (Å²) in [6.45, 7) is 5.71. The summed E-state index contributed by atoms with van der Waals surface area (Å²) in [4.78, 5) is 25.1. The molecule has 2 aromatic carbocycles. The molecule has 4 nitrogen and oxygen atoms in total. The number of halogens is 1. The minimum atomic E-state index is -0.489. The molecule has 2 amide bonds. The summed E-state index contributed by atoms with van der Waals surface area (Å²) in [6.07, 6.45) is 0. The molecule has 2 aromatic rings. The van der Waals surface area contributed by atoms with Crippen molar-refractivity contribution in [2.75, 3.05) is 0 Å². The Morgan fingerprint density at radius 3 is 2.40 bits per heavy atom. The van der Waals surface area contributed by atoms with Crippen LogP contribution >= 0.6 is 11.6 Å². The number of aryl methyl sites for hydroxylation is 2. The summed E-state index contributed by atoms with van der Waals surface area (Å²) < 4.78 is 0. The summed E-state index contributed by atoms with van der Waals surface area (Å²) in [5, 5.41) is 6.17. The van der Waals surface area contributed by atoms with Gasteiger partial charge in [0.15, 0.2) is 5.78 Å². The minimum Gasteiger partial charge on any atom is -0.327 e. The van der Waals surface area contributed by atoms with E-state index in [1.165, 1.54) is 0 Å². The van der Waals surface area contributed by atoms with Crippen molar-refractivity contribution >= 4 is 23.4 Å². The fourth-order valence-corrected chi connectivity index (χ4v) is 3.18. The third-order valence-electron chi connectivity index (χ3n) is 4.37. The topological polar surface area (TPSA) is 58.2 Å². The predicted molar refractivity (Wildman–Crippen MR) is 98.8 cm³/mol. The van der Waals surface area contributed by atoms with Crippen LogP contribution in [0.4, 0.5) is 4.79 Å². The number of allylic oxidation sites excluding steroid dienone is 1. The summed E-state index contributed by atoms with van der Waals surface area (Å²) in [5.41, 5.74) is 4.65. The maximum absolute atomic E-state index is 13.1. The first-order chi connectivity index (χ1) is 11.9. The number of hydrogen-bond donors (Lipinski definition) is 2. The molecule has 0 bridgehead atoms. The molecule has 1 atom stereocenters. The van der Waals surface area contributed by atoms with Crippen molar-refractivity contribution in [2.24, 2.45) is 0 Å². The largest absolute Gasteiger partial charge is 0.327 e. The Bertz CT molecular complexity index is 885. The molecule has 0 aromatic heterocycles. The molecular weight excluding hydrogens is 336 g/mol. The van der Waals surface area contributed by atoms with Crippen LogP contribution in [0, 0.1) is 13.8 Å². The van der Waals surface area contributed by atoms with Gasteiger partial charge in [0.2, 0.25) is 0 Å². The number of hydrogen-bond acceptors (Lipinski definition) is 2. The third-order valence-corrected chi connectivity index (χ3v) is 4.62. The van der Waals surface area contributed by atoms with Crippen LogP contribution in [-0.2, 0) is 0 Å². The highest BCUT2D eigenvalue weighted by Crippen LogP contribution is 2.32. The molecule has 128 valence electrons. The zero-order chi connectivity index (χ0) is 18.1. The second kappa shape index (κ2) is 6.73. The lowest BCUT2D eigenvalue weighted by Gasteiger charge is -2.30. The molecule has 1 aliphatic rings. The van der Waals surface area contributed by atoms with Crippen LogP contribution in [0.1, 0.15) is 40.0 Å². The van der Waals surface area contributed by atoms with Gasteiger partial charge in [-0.15, -0.1) is 0 Å². The van der Waals surface area contributed by atoms with Crippen LogP contribution in [0.25, 0.3) is 0 Å². The maximum atomic E-state index is 13.1. The van der Waals surface area contributed by atoms with Crippen LogP contribution in [0.15, 0.2) is 53.7 Å². The Morgan fingerprint density at radius 1 is 1.04 bits per heavy atom. The Kier molecular flexibility index (Phi) is 4.64. The lowest BCUT2D eigenvalue weighted by Crippen LogP contribution is -2.45. The van der Waals surface area contributed by atoms with E-state index in [2.05, 4.69) is 10.6 Å². The van der Waals surface area contributed by atoms with Gasteiger partial charge in [-0.2, -0.15) is 0 Å². The van der Waals surface area contributed by atoms with Crippen molar-refractivity contribution in [3.8, 4) is 0 Å². The van der Waals surface area contributed by atoms with E-state index in [-0.39, 0.29) is 11.8 Å². The number of nitrogens with one attached hydrogen (secondary N) is 2. The molecule has 0 fully saturated rings. The van der Waals surface area contributed by atoms with Crippen molar-refractivity contribution in [2.45, 2.75) is 26.8 Å². The third kappa shape index (κ3) is 3.44. The molecule has 0 unspecified atom stereocenters. The molecule has 0 spiro atoms. The Hall–Kier alpha value is -2.59. The van der Waals surface area contributed by atoms with Gasteiger partial charge in [0, 0.05) is 21.9 Å². The number of Topliss-reactive ketones (excluding diaryl/α,β-unsaturated/α-hetero) is 1. The zero-order valence-corrected chi connectivity index (χ0v) is 15.1. The first kappa shape index (κ1) is 17.2. The first-order valence-corrected chi connectivity index (χ1v) is 8.40. The Morgan fingerprint density at radius 2 is 1.72 bits per heavy atom. The summed E-state index contributed by atoms with van der Waals surface area (Å²) in [6, 6.07) is 12.0. The van der Waals surface area contributed by atoms with E-state index in [1.807, 2.05) is 32.0 Å². The zero-order valence-electron chi connectivity index (χ0n) is 14.3. The molecular formula is C20H19ClN2O2. The maximum Gasteiger partial charge on any atom is 0.319 e. The van der Waals surface area contributed by atoms with Crippen LogP contribution < -0.4 is 10.6 Å². The van der Waals surface area contributed by atoms with E-state index < -0.39 is 6.04 Å². The fourth-order valence-electron chi connectivity index (χ4n) is 3.06. The van der Waals surface area contributed by atoms with E-state index in [0.717, 1.165) is 16.7 Å². The highest BCUT2D eigenvalue weighted by atomic mass is 35.5. The van der Waals surface area contributed by atoms with Crippen molar-refractivity contribution in [3.63, 3.8) is 0 Å². The molecule has 5 heteroatoms. The molecule has 2 N–H and O–H groups in total. The fraction of sp³-hybridized carbons (Fsp3) is 0.200. The monoisotopic (exact) mass is 354 g/mol. The highest BCUT2D eigenvalue weighted by molar-refractivity contribution is 6.30. The molecule has 1 aliphatic heterocycles. The van der Waals surface area contributed by atoms with Gasteiger partial charge in [-0.1, -0.05) is 35.4 Å². The van der Waals surface area contributed by atoms with E-state index in [4.69, 9.17) is 11.6 Å². The molecule has 0 saturated carbocycles. The smallest absolute Gasteiger partial charge is 0.319 e. The highest BCUT2D eigenvalue weighted by Gasteiger charge is 2.32. The van der Waals surface area contributed by atoms with E-state index in [0.29, 0.717) is 21.9 Å². The average molecular weight is 355 g/mol. The number of rotatable bonds is 3. The van der Waals surface area contributed by atoms with Gasteiger partial charge in [-0.05, 0) is 56.2 Å². The standard InChI is InChI=1S/C20H19ClN2O2/c1-11-4-5-12(2)16(10-11)18-17(13(3)22-20(25)23-18)19(24)14-6-8-15(21)9-7-14/h4-10,18H,1-3H3,(H2,22,23,25)/t18-/m1/s1. The van der Waals surface area contributed by atoms with Crippen LogP contribution in [-0.4, -0.2) is 11.8 Å². The normalized spacial score (nSPS) is 17.1. The Labute approximate surface area is 151 Å². The minimum absolute atomic E-state index is 0.132. The van der Waals surface area contributed by atoms with Crippen molar-refractivity contribution in [1.29, 1.82) is 0 Å². The van der Waals surface area contributed by atoms with Gasteiger partial charge in [-0.3, -0.25) is 4.79 Å². The van der Waals surface area contributed by atoms with Crippen LogP contribution in [0.5, 0.6) is 0 Å². The second-order valence-electron chi connectivity index (χ2n) is 6.27. The molecule has 0 radical (unpaired) electrons. The van der Waals surface area contributed by atoms with Crippen LogP contribution in [0.3, 0.4) is 0 Å². The van der Waals surface area contributed by atoms with Gasteiger partial charge in [0.05, 0.1) is 6.04 Å². The lowest BCUT2D eigenvalue weighted by molar-refractivity contribution is 0.102. The van der Waals surface area contributed by atoms with Crippen molar-refractivity contribution in [3.05, 3.63) is 81.0 Å². The van der Waals surface area contributed by atoms with Gasteiger partial charge < -0.3 is 10.6 Å². The second-order valence-corrected chi connectivity index (χ2v) is 6.70. The van der Waals surface area contributed by atoms with Crippen LogP contribution in [0.2, 0.25) is 5.02 Å². The SMILES string of the molecule is CC1=C(C(=O)c2ccc(Cl)cc2)[C@@H](c2cc(C)ccc2C)NC(=O)N1. The quantitative estimate of drug-likeness (QED) is 0.799. The van der Waals surface area contributed by atoms with Gasteiger partial charge >= 0.3 is 6.03 Å². The van der Waals surface area contributed by atoms with E-state index in [9.17, 15) is 9.59 Å². The summed E-state index contributed by atoms with van der Waals surface area (Å²) >= 11 is 5.92. The summed E-state index contributed by atoms with van der Waals surface area (Å²) in [5.74, 6) is -0.132. The average Bonchev–Trinajstić information content (AvgIpc) is 2.56. The number of ketones is 1. The van der Waals surface area contributed by atoms with Gasteiger partial charge in [0.1, 0.15) is 0 Å². The molecule has 0 aliphatic carbocycles. The molecule has 3 rings (SSSR count). The van der Waals surface area contributed by atoms with Crippen molar-refractivity contribution < 1.29 is 9.59 Å². The summed E-state index contributed by atoms with van der Waals surface area (Å²) in [7, 11) is 0. The molecule has 1 heterocycles. The van der Waals surface area contributed by atoms with Crippen molar-refractivity contribution in [1.82, 2.24) is 10.6 Å². The molecule has 0 saturated heterocycles. The number of carbonyl (C=O) groups excluding carboxylic acids is 2. The number of benzene rings is 2. The van der Waals surface area contributed by atoms with Gasteiger partial charge in [0.25, 0.3) is 0 Å². The number of amides is 2. The number of carbonyl (C=O) groups is 2. The number of urea groups is 1. The van der Waals surface area contributed by atoms with E-state index in [1.54, 1.807) is 31.2 Å². The van der Waals surface area contributed by atoms with Gasteiger partial charge in [-0.25, -0.2) is 4.79 Å². The lowest BCUT2D eigenvalue weighted by atomic mass is 9.87.